The predicted molar refractivity (Wildman–Crippen MR) is 86.4 cm³/mol. The van der Waals surface area contributed by atoms with Gasteiger partial charge in [-0.3, -0.25) is 4.79 Å². The maximum Gasteiger partial charge on any atom is 0.271 e. The fourth-order valence-corrected chi connectivity index (χ4v) is 1.83. The quantitative estimate of drug-likeness (QED) is 0.513. The molecule has 2 aromatic carbocycles. The van der Waals surface area contributed by atoms with Crippen LogP contribution < -0.4 is 11.2 Å². The van der Waals surface area contributed by atoms with E-state index in [1.54, 1.807) is 30.5 Å². The van der Waals surface area contributed by atoms with E-state index in [1.165, 1.54) is 5.56 Å². The zero-order valence-corrected chi connectivity index (χ0v) is 12.2. The van der Waals surface area contributed by atoms with Crippen LogP contribution in [0.15, 0.2) is 53.6 Å². The molecule has 0 saturated carbocycles. The van der Waals surface area contributed by atoms with Crippen molar-refractivity contribution in [2.24, 2.45) is 5.10 Å². The van der Waals surface area contributed by atoms with Gasteiger partial charge in [0.2, 0.25) is 0 Å². The molecule has 4 nitrogen and oxygen atoms in total. The van der Waals surface area contributed by atoms with Crippen molar-refractivity contribution in [3.8, 4) is 0 Å². The Balaban J connectivity index is 1.95. The van der Waals surface area contributed by atoms with Crippen LogP contribution in [-0.4, -0.2) is 12.1 Å². The number of amides is 1. The Morgan fingerprint density at radius 1 is 1.10 bits per heavy atom. The van der Waals surface area contributed by atoms with E-state index in [9.17, 15) is 4.79 Å². The van der Waals surface area contributed by atoms with E-state index in [0.717, 1.165) is 5.56 Å². The van der Waals surface area contributed by atoms with Crippen molar-refractivity contribution >= 4 is 17.8 Å². The van der Waals surface area contributed by atoms with Gasteiger partial charge in [-0.05, 0) is 41.3 Å². The number of nitrogens with one attached hydrogen (secondary N) is 1. The highest BCUT2D eigenvalue weighted by atomic mass is 16.2. The van der Waals surface area contributed by atoms with E-state index >= 15 is 0 Å². The summed E-state index contributed by atoms with van der Waals surface area (Å²) in [5, 5.41) is 3.96. The van der Waals surface area contributed by atoms with Gasteiger partial charge in [0.1, 0.15) is 0 Å². The first-order valence-electron chi connectivity index (χ1n) is 6.85. The number of anilines is 1. The number of benzene rings is 2. The van der Waals surface area contributed by atoms with E-state index in [2.05, 4.69) is 36.5 Å². The average Bonchev–Trinajstić information content (AvgIpc) is 2.48. The van der Waals surface area contributed by atoms with Gasteiger partial charge in [0.15, 0.2) is 0 Å². The largest absolute Gasteiger partial charge is 0.399 e. The Bertz CT molecular complexity index is 628. The fraction of sp³-hybridized carbons (Fsp3) is 0.176. The monoisotopic (exact) mass is 281 g/mol. The third-order valence-corrected chi connectivity index (χ3v) is 3.16. The highest BCUT2D eigenvalue weighted by molar-refractivity contribution is 5.95. The summed E-state index contributed by atoms with van der Waals surface area (Å²) in [5.41, 5.74) is 11.4. The van der Waals surface area contributed by atoms with Crippen LogP contribution >= 0.6 is 0 Å². The molecule has 0 radical (unpaired) electrons. The summed E-state index contributed by atoms with van der Waals surface area (Å²) in [6.45, 7) is 4.30. The molecule has 0 aliphatic rings. The summed E-state index contributed by atoms with van der Waals surface area (Å²) in [7, 11) is 0. The van der Waals surface area contributed by atoms with Gasteiger partial charge in [-0.15, -0.1) is 0 Å². The predicted octanol–water partition coefficient (Wildman–Crippen LogP) is 3.16. The van der Waals surface area contributed by atoms with E-state index in [4.69, 9.17) is 5.73 Å². The molecule has 3 N–H and O–H groups in total. The summed E-state index contributed by atoms with van der Waals surface area (Å²) in [6.07, 6.45) is 1.62. The molecule has 1 amide bonds. The molecule has 0 aliphatic carbocycles. The van der Waals surface area contributed by atoms with E-state index in [0.29, 0.717) is 17.2 Å². The van der Waals surface area contributed by atoms with Gasteiger partial charge in [-0.1, -0.05) is 38.1 Å². The van der Waals surface area contributed by atoms with Crippen LogP contribution in [0.3, 0.4) is 0 Å². The SMILES string of the molecule is CC(C)c1ccc(/C=N\NC(=O)c2ccc(N)cc2)cc1. The third-order valence-electron chi connectivity index (χ3n) is 3.16. The van der Waals surface area contributed by atoms with Crippen molar-refractivity contribution in [2.75, 3.05) is 5.73 Å². The van der Waals surface area contributed by atoms with Crippen molar-refractivity contribution in [3.05, 3.63) is 65.2 Å². The van der Waals surface area contributed by atoms with Gasteiger partial charge in [0.05, 0.1) is 6.21 Å². The summed E-state index contributed by atoms with van der Waals surface area (Å²) in [4.78, 5) is 11.8. The van der Waals surface area contributed by atoms with E-state index < -0.39 is 0 Å². The van der Waals surface area contributed by atoms with E-state index in [1.807, 2.05) is 12.1 Å². The molecule has 0 unspecified atom stereocenters. The molecule has 21 heavy (non-hydrogen) atoms. The molecule has 0 aliphatic heterocycles. The Labute approximate surface area is 124 Å². The number of hydrogen-bond acceptors (Lipinski definition) is 3. The van der Waals surface area contributed by atoms with Crippen LogP contribution in [0.2, 0.25) is 0 Å². The highest BCUT2D eigenvalue weighted by Crippen LogP contribution is 2.13. The summed E-state index contributed by atoms with van der Waals surface area (Å²) < 4.78 is 0. The maximum atomic E-state index is 11.8. The lowest BCUT2D eigenvalue weighted by molar-refractivity contribution is 0.0955. The van der Waals surface area contributed by atoms with Crippen LogP contribution in [0.25, 0.3) is 0 Å². The lowest BCUT2D eigenvalue weighted by atomic mass is 10.0. The standard InChI is InChI=1S/C17H19N3O/c1-12(2)14-5-3-13(4-6-14)11-19-20-17(21)15-7-9-16(18)10-8-15/h3-12H,18H2,1-2H3,(H,20,21)/b19-11-. The van der Waals surface area contributed by atoms with Gasteiger partial charge in [-0.25, -0.2) is 5.43 Å². The topological polar surface area (TPSA) is 67.5 Å². The van der Waals surface area contributed by atoms with Crippen LogP contribution in [0, 0.1) is 0 Å². The number of hydrazone groups is 1. The van der Waals surface area contributed by atoms with Crippen LogP contribution in [0.4, 0.5) is 5.69 Å². The molecule has 0 saturated heterocycles. The van der Waals surface area contributed by atoms with Gasteiger partial charge >= 0.3 is 0 Å². The molecule has 0 fully saturated rings. The molecule has 0 aromatic heterocycles. The first-order valence-corrected chi connectivity index (χ1v) is 6.85. The van der Waals surface area contributed by atoms with E-state index in [-0.39, 0.29) is 5.91 Å². The molecule has 108 valence electrons. The highest BCUT2D eigenvalue weighted by Gasteiger charge is 2.02. The molecule has 4 heteroatoms. The zero-order chi connectivity index (χ0) is 15.2. The summed E-state index contributed by atoms with van der Waals surface area (Å²) >= 11 is 0. The molecule has 0 atom stereocenters. The molecule has 0 heterocycles. The zero-order valence-electron chi connectivity index (χ0n) is 12.2. The molecule has 2 rings (SSSR count). The lowest BCUT2D eigenvalue weighted by Gasteiger charge is -2.04. The minimum absolute atomic E-state index is 0.259. The van der Waals surface area contributed by atoms with Crippen molar-refractivity contribution < 1.29 is 4.79 Å². The second-order valence-corrected chi connectivity index (χ2v) is 5.14. The maximum absolute atomic E-state index is 11.8. The molecule has 2 aromatic rings. The number of nitrogens with two attached hydrogens (primary N) is 1. The first kappa shape index (κ1) is 14.8. The number of nitrogens with zero attached hydrogens (tertiary/aromatic N) is 1. The minimum Gasteiger partial charge on any atom is -0.399 e. The minimum atomic E-state index is -0.259. The Morgan fingerprint density at radius 3 is 2.29 bits per heavy atom. The Kier molecular flexibility index (Phi) is 4.72. The number of nitrogen functional groups attached to an aromatic ring is 1. The smallest absolute Gasteiger partial charge is 0.271 e. The van der Waals surface area contributed by atoms with Crippen molar-refractivity contribution in [3.63, 3.8) is 0 Å². The number of carbonyl (C=O) groups excluding carboxylic acids is 1. The number of hydrogen-bond donors (Lipinski definition) is 2. The molecule has 0 spiro atoms. The average molecular weight is 281 g/mol. The summed E-state index contributed by atoms with van der Waals surface area (Å²) in [5.74, 6) is 0.242. The van der Waals surface area contributed by atoms with Crippen molar-refractivity contribution in [1.82, 2.24) is 5.43 Å². The molecular formula is C17H19N3O. The van der Waals surface area contributed by atoms with Crippen LogP contribution in [-0.2, 0) is 0 Å². The van der Waals surface area contributed by atoms with Gasteiger partial charge in [0, 0.05) is 11.3 Å². The number of rotatable bonds is 4. The Hall–Kier alpha value is -2.62. The van der Waals surface area contributed by atoms with Gasteiger partial charge < -0.3 is 5.73 Å². The second kappa shape index (κ2) is 6.70. The van der Waals surface area contributed by atoms with Crippen molar-refractivity contribution in [1.29, 1.82) is 0 Å². The van der Waals surface area contributed by atoms with Crippen molar-refractivity contribution in [2.45, 2.75) is 19.8 Å². The van der Waals surface area contributed by atoms with Crippen LogP contribution in [0.1, 0.15) is 41.3 Å². The first-order chi connectivity index (χ1) is 10.1. The fourth-order valence-electron chi connectivity index (χ4n) is 1.83. The molecule has 0 bridgehead atoms. The van der Waals surface area contributed by atoms with Gasteiger partial charge in [0.25, 0.3) is 5.91 Å². The third kappa shape index (κ3) is 4.18. The lowest BCUT2D eigenvalue weighted by Crippen LogP contribution is -2.17. The Morgan fingerprint density at radius 2 is 1.71 bits per heavy atom. The number of carbonyl (C=O) groups is 1. The van der Waals surface area contributed by atoms with Gasteiger partial charge in [-0.2, -0.15) is 5.10 Å². The second-order valence-electron chi connectivity index (χ2n) is 5.14. The normalized spacial score (nSPS) is 11.0. The van der Waals surface area contributed by atoms with Crippen LogP contribution in [0.5, 0.6) is 0 Å². The summed E-state index contributed by atoms with van der Waals surface area (Å²) in [6, 6.07) is 14.8. The molecular weight excluding hydrogens is 262 g/mol.